The first-order valence-electron chi connectivity index (χ1n) is 11.9. The van der Waals surface area contributed by atoms with Crippen molar-refractivity contribution in [2.24, 2.45) is 0 Å². The molecule has 1 aliphatic heterocycles. The van der Waals surface area contributed by atoms with E-state index in [1.807, 2.05) is 31.2 Å². The second-order valence-electron chi connectivity index (χ2n) is 7.74. The Morgan fingerprint density at radius 3 is 2.29 bits per heavy atom. The molecule has 0 radical (unpaired) electrons. The van der Waals surface area contributed by atoms with Gasteiger partial charge < -0.3 is 29.2 Å². The summed E-state index contributed by atoms with van der Waals surface area (Å²) in [6.07, 6.45) is 3.57. The minimum Gasteiger partial charge on any atom is -0.491 e. The molecule has 0 spiro atoms. The molecule has 35 heavy (non-hydrogen) atoms. The van der Waals surface area contributed by atoms with Gasteiger partial charge in [0.25, 0.3) is 0 Å². The van der Waals surface area contributed by atoms with Crippen LogP contribution in [-0.2, 0) is 23.8 Å². The largest absolute Gasteiger partial charge is 0.491 e. The number of likely N-dealkylation sites (tertiary alicyclic amines) is 1. The van der Waals surface area contributed by atoms with Gasteiger partial charge in [-0.3, -0.25) is 10.2 Å². The van der Waals surface area contributed by atoms with Gasteiger partial charge in [-0.2, -0.15) is 0 Å². The second-order valence-corrected chi connectivity index (χ2v) is 7.74. The van der Waals surface area contributed by atoms with E-state index >= 15 is 0 Å². The third-order valence-electron chi connectivity index (χ3n) is 4.88. The zero-order chi connectivity index (χ0) is 25.9. The molecule has 1 heterocycles. The van der Waals surface area contributed by atoms with E-state index in [1.165, 1.54) is 12.8 Å². The quantitative estimate of drug-likeness (QED) is 0.258. The number of nitrogens with zero attached hydrogens (tertiary/aromatic N) is 1. The average Bonchev–Trinajstić information content (AvgIpc) is 3.33. The normalized spacial score (nSPS) is 13.9. The standard InChI is InChI=1S/C22H36N2O5.C2H2O4/c1-3-5-14-28-21-11-7-6-10-20(21)23-22(25)29-19(17-24-12-8-9-13-24)18-27-16-15-26-4-2;3-1(4)2(5)6/h6-7,10-11,19H,3-5,8-9,12-18H2,1-2H3,(H,23,25);(H,3,4)(H,5,6). The van der Waals surface area contributed by atoms with Crippen molar-refractivity contribution < 1.29 is 43.5 Å². The molecule has 1 atom stereocenters. The number of hydrogen-bond donors (Lipinski definition) is 3. The third-order valence-corrected chi connectivity index (χ3v) is 4.88. The predicted molar refractivity (Wildman–Crippen MR) is 129 cm³/mol. The van der Waals surface area contributed by atoms with Crippen molar-refractivity contribution in [1.82, 2.24) is 4.90 Å². The highest BCUT2D eigenvalue weighted by atomic mass is 16.6. The number of rotatable bonds is 14. The van der Waals surface area contributed by atoms with Gasteiger partial charge in [-0.15, -0.1) is 0 Å². The molecule has 1 saturated heterocycles. The number of hydrogen-bond acceptors (Lipinski definition) is 8. The summed E-state index contributed by atoms with van der Waals surface area (Å²) < 4.78 is 22.4. The number of para-hydroxylation sites is 2. The Hall–Kier alpha value is -2.89. The summed E-state index contributed by atoms with van der Waals surface area (Å²) in [6, 6.07) is 7.42. The highest BCUT2D eigenvalue weighted by Gasteiger charge is 2.21. The fourth-order valence-electron chi connectivity index (χ4n) is 3.17. The van der Waals surface area contributed by atoms with Crippen LogP contribution in [0.5, 0.6) is 5.75 Å². The van der Waals surface area contributed by atoms with Crippen LogP contribution < -0.4 is 10.1 Å². The maximum Gasteiger partial charge on any atom is 0.414 e. The topological polar surface area (TPSA) is 144 Å². The van der Waals surface area contributed by atoms with Crippen LogP contribution in [0.15, 0.2) is 24.3 Å². The van der Waals surface area contributed by atoms with Gasteiger partial charge in [0.1, 0.15) is 11.9 Å². The van der Waals surface area contributed by atoms with Gasteiger partial charge in [-0.05, 0) is 51.4 Å². The molecule has 3 N–H and O–H groups in total. The van der Waals surface area contributed by atoms with Crippen LogP contribution in [0, 0.1) is 0 Å². The van der Waals surface area contributed by atoms with Crippen molar-refractivity contribution in [2.45, 2.75) is 45.6 Å². The second kappa shape index (κ2) is 18.4. The number of nitrogens with one attached hydrogen (secondary N) is 1. The lowest BCUT2D eigenvalue weighted by Gasteiger charge is -2.24. The monoisotopic (exact) mass is 498 g/mol. The van der Waals surface area contributed by atoms with E-state index in [2.05, 4.69) is 17.1 Å². The summed E-state index contributed by atoms with van der Waals surface area (Å²) in [5, 5.41) is 17.6. The number of anilines is 1. The van der Waals surface area contributed by atoms with Crippen molar-refractivity contribution in [3.8, 4) is 5.75 Å². The molecular formula is C24H38N2O9. The summed E-state index contributed by atoms with van der Waals surface area (Å²) in [7, 11) is 0. The minimum atomic E-state index is -1.82. The first kappa shape index (κ1) is 30.1. The molecule has 1 unspecified atom stereocenters. The van der Waals surface area contributed by atoms with E-state index in [0.29, 0.717) is 51.0 Å². The van der Waals surface area contributed by atoms with Gasteiger partial charge >= 0.3 is 18.0 Å². The van der Waals surface area contributed by atoms with Crippen molar-refractivity contribution in [2.75, 3.05) is 58.0 Å². The number of unbranched alkanes of at least 4 members (excludes halogenated alkanes) is 1. The third kappa shape index (κ3) is 14.2. The van der Waals surface area contributed by atoms with Crippen molar-refractivity contribution in [3.63, 3.8) is 0 Å². The molecule has 1 aromatic rings. The number of amides is 1. The molecule has 11 heteroatoms. The van der Waals surface area contributed by atoms with Crippen LogP contribution in [0.3, 0.4) is 0 Å². The van der Waals surface area contributed by atoms with E-state index < -0.39 is 18.0 Å². The summed E-state index contributed by atoms with van der Waals surface area (Å²) >= 11 is 0. The SMILES string of the molecule is CCCCOc1ccccc1NC(=O)OC(COCCOCC)CN1CCCC1.O=C(O)C(=O)O. The van der Waals surface area contributed by atoms with Crippen molar-refractivity contribution in [1.29, 1.82) is 0 Å². The van der Waals surface area contributed by atoms with E-state index in [4.69, 9.17) is 38.7 Å². The lowest BCUT2D eigenvalue weighted by Crippen LogP contribution is -2.37. The minimum absolute atomic E-state index is 0.331. The van der Waals surface area contributed by atoms with Gasteiger partial charge in [-0.25, -0.2) is 14.4 Å². The first-order valence-corrected chi connectivity index (χ1v) is 11.9. The summed E-state index contributed by atoms with van der Waals surface area (Å²) in [4.78, 5) is 33.0. The fourth-order valence-corrected chi connectivity index (χ4v) is 3.17. The Balaban J connectivity index is 0.000000905. The molecule has 0 aromatic heterocycles. The molecule has 198 valence electrons. The fraction of sp³-hybridized carbons (Fsp3) is 0.625. The maximum absolute atomic E-state index is 12.5. The van der Waals surface area contributed by atoms with Crippen molar-refractivity contribution >= 4 is 23.7 Å². The number of carbonyl (C=O) groups is 3. The Bertz CT molecular complexity index is 742. The molecule has 1 aromatic carbocycles. The average molecular weight is 499 g/mol. The smallest absolute Gasteiger partial charge is 0.414 e. The number of benzene rings is 1. The Morgan fingerprint density at radius 2 is 1.66 bits per heavy atom. The van der Waals surface area contributed by atoms with Crippen LogP contribution in [0.2, 0.25) is 0 Å². The molecule has 2 rings (SSSR count). The number of ether oxygens (including phenoxy) is 4. The highest BCUT2D eigenvalue weighted by Crippen LogP contribution is 2.24. The van der Waals surface area contributed by atoms with Crippen LogP contribution in [0.1, 0.15) is 39.5 Å². The number of carbonyl (C=O) groups excluding carboxylic acids is 1. The summed E-state index contributed by atoms with van der Waals surface area (Å²) in [5.74, 6) is -2.99. The lowest BCUT2D eigenvalue weighted by molar-refractivity contribution is -0.159. The Labute approximate surface area is 206 Å². The lowest BCUT2D eigenvalue weighted by atomic mass is 10.3. The van der Waals surface area contributed by atoms with E-state index in [9.17, 15) is 4.79 Å². The summed E-state index contributed by atoms with van der Waals surface area (Å²) in [5.41, 5.74) is 0.616. The molecule has 11 nitrogen and oxygen atoms in total. The van der Waals surface area contributed by atoms with Crippen LogP contribution in [-0.4, -0.2) is 91.9 Å². The van der Waals surface area contributed by atoms with Gasteiger partial charge in [-0.1, -0.05) is 25.5 Å². The van der Waals surface area contributed by atoms with Gasteiger partial charge in [0, 0.05) is 13.2 Å². The zero-order valence-corrected chi connectivity index (χ0v) is 20.6. The number of carboxylic acid groups (broad SMARTS) is 2. The zero-order valence-electron chi connectivity index (χ0n) is 20.6. The summed E-state index contributed by atoms with van der Waals surface area (Å²) in [6.45, 7) is 9.49. The molecule has 0 bridgehead atoms. The molecule has 1 aliphatic rings. The molecule has 1 fully saturated rings. The van der Waals surface area contributed by atoms with Gasteiger partial charge in [0.2, 0.25) is 0 Å². The number of aliphatic carboxylic acids is 2. The molecule has 1 amide bonds. The number of carboxylic acids is 2. The molecular weight excluding hydrogens is 460 g/mol. The van der Waals surface area contributed by atoms with Crippen LogP contribution >= 0.6 is 0 Å². The van der Waals surface area contributed by atoms with Crippen molar-refractivity contribution in [3.05, 3.63) is 24.3 Å². The van der Waals surface area contributed by atoms with E-state index in [-0.39, 0.29) is 6.10 Å². The van der Waals surface area contributed by atoms with Gasteiger partial charge in [0.05, 0.1) is 32.1 Å². The Kier molecular flexibility index (Phi) is 15.9. The predicted octanol–water partition coefficient (Wildman–Crippen LogP) is 3.09. The Morgan fingerprint density at radius 1 is 1.00 bits per heavy atom. The van der Waals surface area contributed by atoms with Crippen LogP contribution in [0.25, 0.3) is 0 Å². The molecule has 0 saturated carbocycles. The maximum atomic E-state index is 12.5. The van der Waals surface area contributed by atoms with Gasteiger partial charge in [0.15, 0.2) is 0 Å². The van der Waals surface area contributed by atoms with E-state index in [1.54, 1.807) is 0 Å². The highest BCUT2D eigenvalue weighted by molar-refractivity contribution is 6.27. The van der Waals surface area contributed by atoms with E-state index in [0.717, 1.165) is 25.9 Å². The van der Waals surface area contributed by atoms with Crippen LogP contribution in [0.4, 0.5) is 10.5 Å². The molecule has 0 aliphatic carbocycles. The first-order chi connectivity index (χ1) is 16.9.